The molecule has 0 saturated heterocycles. The number of carboxylic acid groups (broad SMARTS) is 1. The van der Waals surface area contributed by atoms with Gasteiger partial charge in [0.1, 0.15) is 0 Å². The molecular weight excluding hydrogens is 352 g/mol. The molecule has 3 aliphatic rings. The predicted octanol–water partition coefficient (Wildman–Crippen LogP) is 4.92. The normalized spacial score (nSPS) is 35.7. The highest BCUT2D eigenvalue weighted by molar-refractivity contribution is 5.94. The minimum absolute atomic E-state index is 0.0200. The van der Waals surface area contributed by atoms with Gasteiger partial charge < -0.3 is 10.2 Å². The Hall–Kier alpha value is -1.42. The SMILES string of the molecule is CC(CCCCC[C@H]1C(=O)C=C[C@@H]1/C=C/CC1(O)CC2CCCCC21)C(=O)O. The maximum Gasteiger partial charge on any atom is 0.306 e. The third kappa shape index (κ3) is 4.94. The van der Waals surface area contributed by atoms with Crippen LogP contribution in [0.15, 0.2) is 24.3 Å². The van der Waals surface area contributed by atoms with Crippen molar-refractivity contribution in [3.8, 4) is 0 Å². The molecule has 6 atom stereocenters. The van der Waals surface area contributed by atoms with Crippen LogP contribution in [0.2, 0.25) is 0 Å². The van der Waals surface area contributed by atoms with Crippen LogP contribution in [-0.2, 0) is 9.59 Å². The molecule has 0 radical (unpaired) electrons. The monoisotopic (exact) mass is 388 g/mol. The van der Waals surface area contributed by atoms with E-state index in [-0.39, 0.29) is 23.5 Å². The van der Waals surface area contributed by atoms with E-state index in [9.17, 15) is 14.7 Å². The van der Waals surface area contributed by atoms with Crippen molar-refractivity contribution >= 4 is 11.8 Å². The molecule has 156 valence electrons. The summed E-state index contributed by atoms with van der Waals surface area (Å²) in [6.07, 6.45) is 19.0. The first-order valence-corrected chi connectivity index (χ1v) is 11.2. The second-order valence-corrected chi connectivity index (χ2v) is 9.41. The quantitative estimate of drug-likeness (QED) is 0.412. The van der Waals surface area contributed by atoms with Crippen molar-refractivity contribution in [1.82, 2.24) is 0 Å². The molecule has 2 fully saturated rings. The summed E-state index contributed by atoms with van der Waals surface area (Å²) >= 11 is 0. The zero-order chi connectivity index (χ0) is 20.1. The molecule has 4 heteroatoms. The molecule has 0 aromatic heterocycles. The van der Waals surface area contributed by atoms with Crippen LogP contribution in [0.5, 0.6) is 0 Å². The Kier molecular flexibility index (Phi) is 7.14. The maximum absolute atomic E-state index is 12.2. The molecule has 0 amide bonds. The van der Waals surface area contributed by atoms with Crippen molar-refractivity contribution in [3.05, 3.63) is 24.3 Å². The molecule has 3 aliphatic carbocycles. The zero-order valence-corrected chi connectivity index (χ0v) is 17.2. The van der Waals surface area contributed by atoms with Gasteiger partial charge in [-0.3, -0.25) is 9.59 Å². The number of unbranched alkanes of at least 4 members (excludes halogenated alkanes) is 2. The summed E-state index contributed by atoms with van der Waals surface area (Å²) in [6, 6.07) is 0. The van der Waals surface area contributed by atoms with Gasteiger partial charge in [-0.15, -0.1) is 0 Å². The molecule has 4 unspecified atom stereocenters. The van der Waals surface area contributed by atoms with Crippen molar-refractivity contribution < 1.29 is 19.8 Å². The number of hydrogen-bond donors (Lipinski definition) is 2. The standard InChI is InChI=1S/C24H36O4/c1-17(23(26)27)8-3-2-4-11-20-18(13-14-22(20)25)10-7-15-24(28)16-19-9-5-6-12-21(19)24/h7,10,13-14,17-21,28H,2-6,8-9,11-12,15-16H2,1H3,(H,26,27)/b10-7+/t17?,18-,19?,20+,21?,24?/m0/s1. The summed E-state index contributed by atoms with van der Waals surface area (Å²) < 4.78 is 0. The molecule has 2 saturated carbocycles. The topological polar surface area (TPSA) is 74.6 Å². The van der Waals surface area contributed by atoms with E-state index in [1.54, 1.807) is 13.0 Å². The summed E-state index contributed by atoms with van der Waals surface area (Å²) in [5.41, 5.74) is -0.510. The van der Waals surface area contributed by atoms with Crippen LogP contribution in [0.4, 0.5) is 0 Å². The number of carboxylic acids is 1. The first-order valence-electron chi connectivity index (χ1n) is 11.2. The Labute approximate surface area is 169 Å². The minimum Gasteiger partial charge on any atom is -0.481 e. The van der Waals surface area contributed by atoms with Crippen LogP contribution in [0.3, 0.4) is 0 Å². The van der Waals surface area contributed by atoms with Gasteiger partial charge in [0.15, 0.2) is 5.78 Å². The van der Waals surface area contributed by atoms with Crippen molar-refractivity contribution in [2.45, 2.75) is 83.2 Å². The van der Waals surface area contributed by atoms with Gasteiger partial charge in [-0.1, -0.05) is 57.3 Å². The van der Waals surface area contributed by atoms with E-state index < -0.39 is 11.6 Å². The Bertz CT molecular complexity index is 622. The van der Waals surface area contributed by atoms with Crippen LogP contribution >= 0.6 is 0 Å². The van der Waals surface area contributed by atoms with Gasteiger partial charge in [-0.2, -0.15) is 0 Å². The van der Waals surface area contributed by atoms with Gasteiger partial charge in [0.25, 0.3) is 0 Å². The lowest BCUT2D eigenvalue weighted by atomic mass is 9.55. The number of aliphatic hydroxyl groups is 1. The van der Waals surface area contributed by atoms with Gasteiger partial charge in [-0.05, 0) is 56.4 Å². The van der Waals surface area contributed by atoms with Gasteiger partial charge in [0.2, 0.25) is 0 Å². The molecule has 0 spiro atoms. The van der Waals surface area contributed by atoms with Gasteiger partial charge in [0, 0.05) is 11.8 Å². The lowest BCUT2D eigenvalue weighted by Gasteiger charge is -2.54. The van der Waals surface area contributed by atoms with Gasteiger partial charge >= 0.3 is 5.97 Å². The predicted molar refractivity (Wildman–Crippen MR) is 110 cm³/mol. The number of allylic oxidation sites excluding steroid dienone is 3. The highest BCUT2D eigenvalue weighted by Gasteiger charge is 2.52. The molecule has 2 N–H and O–H groups in total. The van der Waals surface area contributed by atoms with E-state index in [2.05, 4.69) is 12.2 Å². The first kappa shape index (κ1) is 21.3. The Morgan fingerprint density at radius 3 is 2.82 bits per heavy atom. The largest absolute Gasteiger partial charge is 0.481 e. The van der Waals surface area contributed by atoms with Crippen molar-refractivity contribution in [1.29, 1.82) is 0 Å². The number of fused-ring (bicyclic) bond motifs is 1. The molecule has 4 nitrogen and oxygen atoms in total. The Morgan fingerprint density at radius 1 is 1.29 bits per heavy atom. The van der Waals surface area contributed by atoms with E-state index in [0.717, 1.165) is 38.0 Å². The van der Waals surface area contributed by atoms with E-state index >= 15 is 0 Å². The van der Waals surface area contributed by atoms with Crippen molar-refractivity contribution in [2.75, 3.05) is 0 Å². The molecule has 3 rings (SSSR count). The molecular formula is C24H36O4. The number of aliphatic carboxylic acids is 1. The summed E-state index contributed by atoms with van der Waals surface area (Å²) in [4.78, 5) is 23.1. The number of ketones is 1. The molecule has 0 aliphatic heterocycles. The maximum atomic E-state index is 12.2. The van der Waals surface area contributed by atoms with Crippen LogP contribution < -0.4 is 0 Å². The van der Waals surface area contributed by atoms with Crippen molar-refractivity contribution in [3.63, 3.8) is 0 Å². The fourth-order valence-corrected chi connectivity index (χ4v) is 5.57. The van der Waals surface area contributed by atoms with E-state index in [0.29, 0.717) is 18.8 Å². The minimum atomic E-state index is -0.729. The van der Waals surface area contributed by atoms with Crippen LogP contribution in [-0.4, -0.2) is 27.6 Å². The van der Waals surface area contributed by atoms with E-state index in [4.69, 9.17) is 5.11 Å². The highest BCUT2D eigenvalue weighted by atomic mass is 16.4. The fourth-order valence-electron chi connectivity index (χ4n) is 5.57. The second kappa shape index (κ2) is 9.39. The third-order valence-corrected chi connectivity index (χ3v) is 7.43. The smallest absolute Gasteiger partial charge is 0.306 e. The number of carbonyl (C=O) groups is 2. The zero-order valence-electron chi connectivity index (χ0n) is 17.2. The Balaban J connectivity index is 1.40. The summed E-state index contributed by atoms with van der Waals surface area (Å²) in [7, 11) is 0. The van der Waals surface area contributed by atoms with Crippen LogP contribution in [0, 0.1) is 29.6 Å². The number of rotatable bonds is 10. The van der Waals surface area contributed by atoms with Crippen LogP contribution in [0.1, 0.15) is 77.6 Å². The van der Waals surface area contributed by atoms with E-state index in [1.807, 2.05) is 6.08 Å². The third-order valence-electron chi connectivity index (χ3n) is 7.43. The van der Waals surface area contributed by atoms with E-state index in [1.165, 1.54) is 25.7 Å². The average Bonchev–Trinajstić information content (AvgIpc) is 3.00. The van der Waals surface area contributed by atoms with Gasteiger partial charge in [-0.25, -0.2) is 0 Å². The summed E-state index contributed by atoms with van der Waals surface area (Å²) in [5.74, 6) is 0.582. The molecule has 0 heterocycles. The molecule has 28 heavy (non-hydrogen) atoms. The second-order valence-electron chi connectivity index (χ2n) is 9.41. The first-order chi connectivity index (χ1) is 13.4. The van der Waals surface area contributed by atoms with Crippen LogP contribution in [0.25, 0.3) is 0 Å². The summed E-state index contributed by atoms with van der Waals surface area (Å²) in [6.45, 7) is 1.75. The average molecular weight is 389 g/mol. The summed E-state index contributed by atoms with van der Waals surface area (Å²) in [5, 5.41) is 19.8. The number of carbonyl (C=O) groups excluding carboxylic acids is 1. The van der Waals surface area contributed by atoms with Gasteiger partial charge in [0.05, 0.1) is 11.5 Å². The number of hydrogen-bond acceptors (Lipinski definition) is 3. The molecule has 0 aromatic carbocycles. The van der Waals surface area contributed by atoms with Crippen molar-refractivity contribution in [2.24, 2.45) is 29.6 Å². The Morgan fingerprint density at radius 2 is 2.07 bits per heavy atom. The highest BCUT2D eigenvalue weighted by Crippen LogP contribution is 2.53. The molecule has 0 bridgehead atoms. The lowest BCUT2D eigenvalue weighted by Crippen LogP contribution is -2.54. The fraction of sp³-hybridized carbons (Fsp3) is 0.750. The lowest BCUT2D eigenvalue weighted by molar-refractivity contribution is -0.151. The molecule has 0 aromatic rings.